The number of benzene rings is 1. The van der Waals surface area contributed by atoms with Crippen LogP contribution in [0.2, 0.25) is 5.02 Å². The molecule has 2 N–H and O–H groups in total. The van der Waals surface area contributed by atoms with Crippen molar-refractivity contribution in [2.75, 3.05) is 19.6 Å². The molecule has 2 fully saturated rings. The van der Waals surface area contributed by atoms with Gasteiger partial charge in [0.2, 0.25) is 0 Å². The van der Waals surface area contributed by atoms with E-state index >= 15 is 0 Å². The van der Waals surface area contributed by atoms with Gasteiger partial charge in [0.05, 0.1) is 6.10 Å². The third kappa shape index (κ3) is 3.97. The van der Waals surface area contributed by atoms with Crippen LogP contribution in [0.3, 0.4) is 0 Å². The number of urea groups is 1. The highest BCUT2D eigenvalue weighted by Gasteiger charge is 2.26. The molecule has 1 aromatic carbocycles. The molecule has 6 heteroatoms. The van der Waals surface area contributed by atoms with Gasteiger partial charge < -0.3 is 15.3 Å². The second-order valence-corrected chi connectivity index (χ2v) is 7.04. The maximum atomic E-state index is 12.3. The first kappa shape index (κ1) is 16.6. The minimum atomic E-state index is -0.206. The predicted molar refractivity (Wildman–Crippen MR) is 90.4 cm³/mol. The summed E-state index contributed by atoms with van der Waals surface area (Å²) in [7, 11) is 0. The Hall–Kier alpha value is -1.30. The standard InChI is InChI=1S/C17H24ClN3O2/c1-12-3-2-6-21(12)17(23)19-8-14-7-15(18)5-4-13(14)9-20-10-16(22)11-20/h4-5,7,12,16,22H,2-3,6,8-11H2,1H3,(H,19,23)/t12-/m1/s1. The Labute approximate surface area is 142 Å². The first-order valence-electron chi connectivity index (χ1n) is 8.25. The van der Waals surface area contributed by atoms with Crippen molar-refractivity contribution in [1.29, 1.82) is 0 Å². The molecule has 1 aromatic rings. The average molecular weight is 338 g/mol. The average Bonchev–Trinajstić information content (AvgIpc) is 2.91. The van der Waals surface area contributed by atoms with Gasteiger partial charge in [-0.3, -0.25) is 4.90 Å². The molecule has 0 bridgehead atoms. The van der Waals surface area contributed by atoms with Crippen LogP contribution in [0.1, 0.15) is 30.9 Å². The van der Waals surface area contributed by atoms with Crippen LogP contribution in [-0.2, 0) is 13.1 Å². The summed E-state index contributed by atoms with van der Waals surface area (Å²) in [5.41, 5.74) is 2.19. The fourth-order valence-electron chi connectivity index (χ4n) is 3.33. The lowest BCUT2D eigenvalue weighted by Gasteiger charge is -2.36. The molecule has 23 heavy (non-hydrogen) atoms. The van der Waals surface area contributed by atoms with Crippen LogP contribution in [0.15, 0.2) is 18.2 Å². The number of halogens is 1. The number of carbonyl (C=O) groups is 1. The highest BCUT2D eigenvalue weighted by atomic mass is 35.5. The maximum Gasteiger partial charge on any atom is 0.317 e. The van der Waals surface area contributed by atoms with Crippen molar-refractivity contribution < 1.29 is 9.90 Å². The van der Waals surface area contributed by atoms with E-state index in [1.54, 1.807) is 0 Å². The monoisotopic (exact) mass is 337 g/mol. The Kier molecular flexibility index (Phi) is 5.09. The Balaban J connectivity index is 1.61. The van der Waals surface area contributed by atoms with Gasteiger partial charge >= 0.3 is 6.03 Å². The zero-order valence-electron chi connectivity index (χ0n) is 13.5. The van der Waals surface area contributed by atoms with Gasteiger partial charge in [-0.05, 0) is 43.0 Å². The SMILES string of the molecule is C[C@@H]1CCCN1C(=O)NCc1cc(Cl)ccc1CN1CC(O)C1. The molecule has 5 nitrogen and oxygen atoms in total. The third-order valence-corrected chi connectivity index (χ3v) is 4.98. The van der Waals surface area contributed by atoms with E-state index in [1.165, 1.54) is 0 Å². The number of aliphatic hydroxyl groups is 1. The van der Waals surface area contributed by atoms with Gasteiger partial charge in [0.1, 0.15) is 0 Å². The largest absolute Gasteiger partial charge is 0.390 e. The minimum absolute atomic E-state index is 0.000276. The first-order valence-corrected chi connectivity index (χ1v) is 8.63. The Bertz CT molecular complexity index is 575. The van der Waals surface area contributed by atoms with E-state index in [1.807, 2.05) is 23.1 Å². The predicted octanol–water partition coefficient (Wildman–Crippen LogP) is 2.21. The van der Waals surface area contributed by atoms with Crippen molar-refractivity contribution in [2.24, 2.45) is 0 Å². The fraction of sp³-hybridized carbons (Fsp3) is 0.588. The number of β-amino-alcohol motifs (C(OH)–C–C–N with tert-alkyl or cyclic N) is 1. The molecule has 3 rings (SSSR count). The zero-order valence-corrected chi connectivity index (χ0v) is 14.2. The molecule has 0 aromatic heterocycles. The smallest absolute Gasteiger partial charge is 0.317 e. The van der Waals surface area contributed by atoms with E-state index in [0.29, 0.717) is 30.7 Å². The van der Waals surface area contributed by atoms with Crippen molar-refractivity contribution >= 4 is 17.6 Å². The zero-order chi connectivity index (χ0) is 16.4. The lowest BCUT2D eigenvalue weighted by atomic mass is 10.0. The highest BCUT2D eigenvalue weighted by Crippen LogP contribution is 2.21. The van der Waals surface area contributed by atoms with E-state index in [9.17, 15) is 9.90 Å². The van der Waals surface area contributed by atoms with Crippen LogP contribution < -0.4 is 5.32 Å². The van der Waals surface area contributed by atoms with Gasteiger partial charge in [0.15, 0.2) is 0 Å². The molecule has 0 unspecified atom stereocenters. The summed E-state index contributed by atoms with van der Waals surface area (Å²) >= 11 is 6.11. The number of rotatable bonds is 4. The number of aliphatic hydroxyl groups excluding tert-OH is 1. The summed E-state index contributed by atoms with van der Waals surface area (Å²) in [4.78, 5) is 16.4. The topological polar surface area (TPSA) is 55.8 Å². The normalized spacial score (nSPS) is 22.2. The van der Waals surface area contributed by atoms with Crippen LogP contribution in [0.5, 0.6) is 0 Å². The number of hydrogen-bond acceptors (Lipinski definition) is 3. The number of carbonyl (C=O) groups excluding carboxylic acids is 1. The molecule has 1 atom stereocenters. The molecular weight excluding hydrogens is 314 g/mol. The molecule has 126 valence electrons. The van der Waals surface area contributed by atoms with E-state index < -0.39 is 0 Å². The number of nitrogens with one attached hydrogen (secondary N) is 1. The van der Waals surface area contributed by atoms with E-state index in [4.69, 9.17) is 11.6 Å². The number of amides is 2. The van der Waals surface area contributed by atoms with Crippen molar-refractivity contribution in [2.45, 2.75) is 45.0 Å². The Morgan fingerprint density at radius 3 is 2.83 bits per heavy atom. The molecule has 2 aliphatic heterocycles. The summed E-state index contributed by atoms with van der Waals surface area (Å²) in [5, 5.41) is 13.1. The maximum absolute atomic E-state index is 12.3. The van der Waals surface area contributed by atoms with Crippen molar-refractivity contribution in [3.63, 3.8) is 0 Å². The summed E-state index contributed by atoms with van der Waals surface area (Å²) in [6.07, 6.45) is 1.95. The van der Waals surface area contributed by atoms with Crippen LogP contribution in [-0.4, -0.2) is 52.7 Å². The fourth-order valence-corrected chi connectivity index (χ4v) is 3.53. The van der Waals surface area contributed by atoms with Gasteiger partial charge in [-0.15, -0.1) is 0 Å². The Morgan fingerprint density at radius 1 is 1.39 bits per heavy atom. The van der Waals surface area contributed by atoms with Gasteiger partial charge in [0.25, 0.3) is 0 Å². The Morgan fingerprint density at radius 2 is 2.17 bits per heavy atom. The van der Waals surface area contributed by atoms with Crippen LogP contribution in [0, 0.1) is 0 Å². The second-order valence-electron chi connectivity index (χ2n) is 6.60. The molecule has 2 saturated heterocycles. The van der Waals surface area contributed by atoms with Crippen LogP contribution in [0.4, 0.5) is 4.79 Å². The van der Waals surface area contributed by atoms with Crippen molar-refractivity contribution in [3.05, 3.63) is 34.3 Å². The third-order valence-electron chi connectivity index (χ3n) is 4.74. The van der Waals surface area contributed by atoms with Gasteiger partial charge in [-0.1, -0.05) is 17.7 Å². The molecule has 0 radical (unpaired) electrons. The second kappa shape index (κ2) is 7.07. The number of likely N-dealkylation sites (tertiary alicyclic amines) is 2. The molecule has 0 aliphatic carbocycles. The highest BCUT2D eigenvalue weighted by molar-refractivity contribution is 6.30. The van der Waals surface area contributed by atoms with E-state index in [0.717, 1.165) is 37.1 Å². The molecule has 2 amide bonds. The van der Waals surface area contributed by atoms with Crippen LogP contribution >= 0.6 is 11.6 Å². The molecule has 2 heterocycles. The molecule has 2 aliphatic rings. The van der Waals surface area contributed by atoms with Gasteiger partial charge in [-0.25, -0.2) is 4.79 Å². The lowest BCUT2D eigenvalue weighted by Crippen LogP contribution is -2.50. The lowest BCUT2D eigenvalue weighted by molar-refractivity contribution is -0.00301. The van der Waals surface area contributed by atoms with E-state index in [-0.39, 0.29) is 12.1 Å². The minimum Gasteiger partial charge on any atom is -0.390 e. The van der Waals surface area contributed by atoms with Crippen molar-refractivity contribution in [3.8, 4) is 0 Å². The molecule has 0 spiro atoms. The van der Waals surface area contributed by atoms with Crippen LogP contribution in [0.25, 0.3) is 0 Å². The summed E-state index contributed by atoms with van der Waals surface area (Å²) < 4.78 is 0. The molecular formula is C17H24ClN3O2. The quantitative estimate of drug-likeness (QED) is 0.885. The van der Waals surface area contributed by atoms with Gasteiger partial charge in [0, 0.05) is 43.8 Å². The van der Waals surface area contributed by atoms with Crippen molar-refractivity contribution in [1.82, 2.24) is 15.1 Å². The number of nitrogens with zero attached hydrogens (tertiary/aromatic N) is 2. The number of hydrogen-bond donors (Lipinski definition) is 2. The van der Waals surface area contributed by atoms with E-state index in [2.05, 4.69) is 17.1 Å². The summed E-state index contributed by atoms with van der Waals surface area (Å²) in [6.45, 7) is 5.60. The molecule has 0 saturated carbocycles. The van der Waals surface area contributed by atoms with Gasteiger partial charge in [-0.2, -0.15) is 0 Å². The summed E-state index contributed by atoms with van der Waals surface area (Å²) in [6, 6.07) is 6.12. The first-order chi connectivity index (χ1) is 11.0. The summed E-state index contributed by atoms with van der Waals surface area (Å²) in [5.74, 6) is 0.